The number of methoxy groups -OCH3 is 1. The number of ether oxygens (including phenoxy) is 1. The number of rotatable bonds is 5. The van der Waals surface area contributed by atoms with Gasteiger partial charge in [-0.3, -0.25) is 0 Å². The molecule has 110 valence electrons. The Hall–Kier alpha value is -1.87. The van der Waals surface area contributed by atoms with Crippen molar-refractivity contribution in [2.75, 3.05) is 13.7 Å². The zero-order valence-electron chi connectivity index (χ0n) is 12.2. The Balaban J connectivity index is 1.62. The number of fused-ring (bicyclic) bond motifs is 1. The normalized spacial score (nSPS) is 16.8. The van der Waals surface area contributed by atoms with Gasteiger partial charge in [-0.25, -0.2) is 4.39 Å². The zero-order chi connectivity index (χ0) is 14.7. The third kappa shape index (κ3) is 3.08. The lowest BCUT2D eigenvalue weighted by Gasteiger charge is -2.15. The van der Waals surface area contributed by atoms with Crippen LogP contribution < -0.4 is 10.1 Å². The summed E-state index contributed by atoms with van der Waals surface area (Å²) in [5.74, 6) is 0.782. The number of nitrogens with one attached hydrogen (secondary N) is 1. The van der Waals surface area contributed by atoms with Crippen molar-refractivity contribution in [3.63, 3.8) is 0 Å². The van der Waals surface area contributed by atoms with Gasteiger partial charge in [0.05, 0.1) is 7.11 Å². The first-order chi connectivity index (χ1) is 10.3. The predicted octanol–water partition coefficient (Wildman–Crippen LogP) is 3.65. The fourth-order valence-electron chi connectivity index (χ4n) is 3.00. The van der Waals surface area contributed by atoms with Crippen LogP contribution in [0.5, 0.6) is 5.75 Å². The summed E-state index contributed by atoms with van der Waals surface area (Å²) < 4.78 is 18.9. The minimum Gasteiger partial charge on any atom is -0.497 e. The first-order valence-electron chi connectivity index (χ1n) is 7.41. The number of benzene rings is 2. The minimum atomic E-state index is -0.118. The van der Waals surface area contributed by atoms with Crippen LogP contribution in [0.4, 0.5) is 4.39 Å². The molecule has 0 bridgehead atoms. The highest BCUT2D eigenvalue weighted by Crippen LogP contribution is 2.33. The fourth-order valence-corrected chi connectivity index (χ4v) is 3.00. The molecule has 0 aromatic heterocycles. The molecule has 3 rings (SSSR count). The Morgan fingerprint density at radius 1 is 1.24 bits per heavy atom. The van der Waals surface area contributed by atoms with Crippen molar-refractivity contribution in [1.82, 2.24) is 5.32 Å². The summed E-state index contributed by atoms with van der Waals surface area (Å²) in [4.78, 5) is 0. The largest absolute Gasteiger partial charge is 0.497 e. The molecule has 2 aromatic carbocycles. The van der Waals surface area contributed by atoms with Crippen LogP contribution in [0.15, 0.2) is 42.5 Å². The molecule has 0 aliphatic heterocycles. The van der Waals surface area contributed by atoms with Gasteiger partial charge in [-0.05, 0) is 60.7 Å². The van der Waals surface area contributed by atoms with Crippen LogP contribution in [0.1, 0.15) is 29.2 Å². The van der Waals surface area contributed by atoms with E-state index in [-0.39, 0.29) is 5.82 Å². The van der Waals surface area contributed by atoms with E-state index in [0.29, 0.717) is 12.5 Å². The van der Waals surface area contributed by atoms with Crippen LogP contribution in [0, 0.1) is 5.82 Å². The van der Waals surface area contributed by atoms with Gasteiger partial charge in [-0.1, -0.05) is 24.3 Å². The van der Waals surface area contributed by atoms with E-state index < -0.39 is 0 Å². The second-order valence-electron chi connectivity index (χ2n) is 5.45. The van der Waals surface area contributed by atoms with Crippen molar-refractivity contribution in [3.05, 3.63) is 65.0 Å². The van der Waals surface area contributed by atoms with Gasteiger partial charge in [0, 0.05) is 6.04 Å². The number of hydrogen-bond donors (Lipinski definition) is 1. The van der Waals surface area contributed by atoms with Crippen molar-refractivity contribution in [2.45, 2.75) is 25.3 Å². The predicted molar refractivity (Wildman–Crippen MR) is 82.2 cm³/mol. The van der Waals surface area contributed by atoms with Gasteiger partial charge in [0.15, 0.2) is 0 Å². The maximum absolute atomic E-state index is 13.6. The third-order valence-corrected chi connectivity index (χ3v) is 4.17. The zero-order valence-corrected chi connectivity index (χ0v) is 12.2. The van der Waals surface area contributed by atoms with Crippen molar-refractivity contribution in [3.8, 4) is 5.75 Å². The van der Waals surface area contributed by atoms with E-state index in [9.17, 15) is 4.39 Å². The quantitative estimate of drug-likeness (QED) is 0.905. The Kier molecular flexibility index (Phi) is 4.20. The summed E-state index contributed by atoms with van der Waals surface area (Å²) in [7, 11) is 1.69. The molecule has 1 N–H and O–H groups in total. The molecule has 1 atom stereocenters. The van der Waals surface area contributed by atoms with Gasteiger partial charge >= 0.3 is 0 Å². The third-order valence-electron chi connectivity index (χ3n) is 4.17. The van der Waals surface area contributed by atoms with E-state index >= 15 is 0 Å². The topological polar surface area (TPSA) is 21.3 Å². The van der Waals surface area contributed by atoms with E-state index in [0.717, 1.165) is 30.7 Å². The summed E-state index contributed by atoms with van der Waals surface area (Å²) in [5, 5.41) is 3.54. The Morgan fingerprint density at radius 3 is 2.90 bits per heavy atom. The van der Waals surface area contributed by atoms with Crippen LogP contribution in [0.25, 0.3) is 0 Å². The highest BCUT2D eigenvalue weighted by atomic mass is 19.1. The first-order valence-corrected chi connectivity index (χ1v) is 7.41. The molecule has 2 aromatic rings. The fraction of sp³-hybridized carbons (Fsp3) is 0.333. The Morgan fingerprint density at radius 2 is 2.10 bits per heavy atom. The van der Waals surface area contributed by atoms with Gasteiger partial charge < -0.3 is 10.1 Å². The summed E-state index contributed by atoms with van der Waals surface area (Å²) in [6, 6.07) is 13.6. The molecule has 0 fully saturated rings. The lowest BCUT2D eigenvalue weighted by molar-refractivity contribution is 0.413. The van der Waals surface area contributed by atoms with Crippen LogP contribution in [-0.4, -0.2) is 13.7 Å². The van der Waals surface area contributed by atoms with E-state index in [2.05, 4.69) is 17.4 Å². The molecule has 1 unspecified atom stereocenters. The highest BCUT2D eigenvalue weighted by molar-refractivity contribution is 5.40. The number of hydrogen-bond acceptors (Lipinski definition) is 2. The van der Waals surface area contributed by atoms with Gasteiger partial charge in [0.2, 0.25) is 0 Å². The molecular formula is C18H20FNO. The van der Waals surface area contributed by atoms with Gasteiger partial charge in [-0.2, -0.15) is 0 Å². The summed E-state index contributed by atoms with van der Waals surface area (Å²) in [5.41, 5.74) is 3.48. The van der Waals surface area contributed by atoms with Crippen LogP contribution >= 0.6 is 0 Å². The van der Waals surface area contributed by atoms with E-state index in [4.69, 9.17) is 4.74 Å². The monoisotopic (exact) mass is 285 g/mol. The molecule has 21 heavy (non-hydrogen) atoms. The molecule has 0 radical (unpaired) electrons. The lowest BCUT2D eigenvalue weighted by atomic mass is 10.1. The first kappa shape index (κ1) is 14.1. The standard InChI is InChI=1S/C18H20FNO/c1-21-15-8-6-13-7-9-18(16(13)12-15)20-11-10-14-4-2-3-5-17(14)19/h2-6,8,12,18,20H,7,9-11H2,1H3. The van der Waals surface area contributed by atoms with Crippen LogP contribution in [0.3, 0.4) is 0 Å². The van der Waals surface area contributed by atoms with Gasteiger partial charge in [-0.15, -0.1) is 0 Å². The molecule has 2 nitrogen and oxygen atoms in total. The van der Waals surface area contributed by atoms with Gasteiger partial charge in [0.1, 0.15) is 11.6 Å². The maximum Gasteiger partial charge on any atom is 0.126 e. The molecule has 3 heteroatoms. The van der Waals surface area contributed by atoms with E-state index in [1.807, 2.05) is 18.2 Å². The van der Waals surface area contributed by atoms with Crippen LogP contribution in [-0.2, 0) is 12.8 Å². The summed E-state index contributed by atoms with van der Waals surface area (Å²) in [6.07, 6.45) is 2.90. The molecule has 1 aliphatic rings. The van der Waals surface area contributed by atoms with Crippen molar-refractivity contribution in [2.24, 2.45) is 0 Å². The van der Waals surface area contributed by atoms with Crippen molar-refractivity contribution >= 4 is 0 Å². The minimum absolute atomic E-state index is 0.118. The van der Waals surface area contributed by atoms with Crippen LogP contribution in [0.2, 0.25) is 0 Å². The Labute approximate surface area is 125 Å². The van der Waals surface area contributed by atoms with E-state index in [1.165, 1.54) is 17.2 Å². The molecular weight excluding hydrogens is 265 g/mol. The molecule has 0 saturated heterocycles. The second kappa shape index (κ2) is 6.27. The maximum atomic E-state index is 13.6. The summed E-state index contributed by atoms with van der Waals surface area (Å²) >= 11 is 0. The highest BCUT2D eigenvalue weighted by Gasteiger charge is 2.22. The average molecular weight is 285 g/mol. The number of aryl methyl sites for hydroxylation is 1. The molecule has 0 spiro atoms. The lowest BCUT2D eigenvalue weighted by Crippen LogP contribution is -2.22. The molecule has 0 amide bonds. The Bertz CT molecular complexity index is 626. The van der Waals surface area contributed by atoms with Gasteiger partial charge in [0.25, 0.3) is 0 Å². The average Bonchev–Trinajstić information content (AvgIpc) is 2.91. The van der Waals surface area contributed by atoms with E-state index in [1.54, 1.807) is 13.2 Å². The van der Waals surface area contributed by atoms with Crippen molar-refractivity contribution < 1.29 is 9.13 Å². The smallest absolute Gasteiger partial charge is 0.126 e. The second-order valence-corrected chi connectivity index (χ2v) is 5.45. The number of halogens is 1. The molecule has 1 aliphatic carbocycles. The summed E-state index contributed by atoms with van der Waals surface area (Å²) in [6.45, 7) is 0.780. The van der Waals surface area contributed by atoms with Crippen molar-refractivity contribution in [1.29, 1.82) is 0 Å². The molecule has 0 saturated carbocycles. The molecule has 0 heterocycles. The SMILES string of the molecule is COc1ccc2c(c1)C(NCCc1ccccc1F)CC2.